The van der Waals surface area contributed by atoms with Crippen molar-refractivity contribution in [1.82, 2.24) is 15.2 Å². The first-order valence-corrected chi connectivity index (χ1v) is 11.9. The number of rotatable bonds is 5. The highest BCUT2D eigenvalue weighted by molar-refractivity contribution is 6.16. The van der Waals surface area contributed by atoms with Crippen LogP contribution in [0.4, 0.5) is 0 Å². The van der Waals surface area contributed by atoms with Crippen molar-refractivity contribution in [2.75, 3.05) is 13.1 Å². The minimum Gasteiger partial charge on any atom is -0.457 e. The lowest BCUT2D eigenvalue weighted by molar-refractivity contribution is -0.127. The van der Waals surface area contributed by atoms with Gasteiger partial charge in [0.2, 0.25) is 5.91 Å². The normalized spacial score (nSPS) is 22.3. The molecule has 1 saturated heterocycles. The number of benzene rings is 2. The van der Waals surface area contributed by atoms with Gasteiger partial charge in [-0.3, -0.25) is 9.80 Å². The van der Waals surface area contributed by atoms with Crippen LogP contribution in [0.1, 0.15) is 32.3 Å². The molecule has 0 aliphatic carbocycles. The van der Waals surface area contributed by atoms with Gasteiger partial charge in [0.25, 0.3) is 0 Å². The molecule has 0 aromatic heterocycles. The average molecular weight is 471 g/mol. The summed E-state index contributed by atoms with van der Waals surface area (Å²) in [6.07, 6.45) is 6.70. The Labute approximate surface area is 205 Å². The van der Waals surface area contributed by atoms with Crippen LogP contribution in [0.25, 0.3) is 0 Å². The van der Waals surface area contributed by atoms with Gasteiger partial charge in [0.15, 0.2) is 5.66 Å². The van der Waals surface area contributed by atoms with Gasteiger partial charge in [-0.25, -0.2) is 4.99 Å². The van der Waals surface area contributed by atoms with Crippen LogP contribution in [0.5, 0.6) is 11.5 Å². The number of carbonyl (C=O) groups excluding carboxylic acids is 1. The molecule has 1 atom stereocenters. The molecule has 1 amide bonds. The van der Waals surface area contributed by atoms with E-state index < -0.39 is 5.66 Å². The highest BCUT2D eigenvalue weighted by Gasteiger charge is 2.49. The highest BCUT2D eigenvalue weighted by atomic mass is 16.5. The van der Waals surface area contributed by atoms with Gasteiger partial charge in [-0.05, 0) is 69.2 Å². The molecule has 8 heteroatoms. The molecule has 0 saturated carbocycles. The van der Waals surface area contributed by atoms with Crippen molar-refractivity contribution in [2.24, 2.45) is 15.8 Å². The second-order valence-corrected chi connectivity index (χ2v) is 9.02. The maximum Gasteiger partial charge on any atom is 0.246 e. The van der Waals surface area contributed by atoms with Crippen molar-refractivity contribution in [3.05, 3.63) is 83.7 Å². The molecular weight excluding hydrogens is 440 g/mol. The summed E-state index contributed by atoms with van der Waals surface area (Å²) in [5.41, 5.74) is 8.40. The molecule has 2 aromatic carbocycles. The molecule has 3 aliphatic rings. The average Bonchev–Trinajstić information content (AvgIpc) is 3.19. The highest BCUT2D eigenvalue weighted by Crippen LogP contribution is 2.39. The summed E-state index contributed by atoms with van der Waals surface area (Å²) < 4.78 is 5.95. The number of nitrogens with one attached hydrogen (secondary N) is 1. The minimum absolute atomic E-state index is 0.0633. The standard InChI is InChI=1S/C27H30N6O2/c1-3-7-23(34)32-16-14-20(15-17-32)33-27(2)24(26(28)29-18-30-27)25(31-33)19-10-12-22(13-11-19)35-21-8-5-4-6-9-21/h3-13,18,20H,14-17,28H2,1-2H3,(H,29,30)/b7-3+. The number of hydrazone groups is 1. The molecule has 2 aromatic rings. The van der Waals surface area contributed by atoms with Crippen molar-refractivity contribution in [3.63, 3.8) is 0 Å². The van der Waals surface area contributed by atoms with E-state index in [1.807, 2.05) is 66.4 Å². The molecule has 35 heavy (non-hydrogen) atoms. The zero-order valence-corrected chi connectivity index (χ0v) is 20.0. The van der Waals surface area contributed by atoms with Crippen LogP contribution in [0.15, 0.2) is 88.2 Å². The van der Waals surface area contributed by atoms with Crippen LogP contribution in [-0.2, 0) is 4.79 Å². The lowest BCUT2D eigenvalue weighted by atomic mass is 9.91. The van der Waals surface area contributed by atoms with Gasteiger partial charge < -0.3 is 20.7 Å². The van der Waals surface area contributed by atoms with Crippen molar-refractivity contribution in [1.29, 1.82) is 0 Å². The van der Waals surface area contributed by atoms with Crippen molar-refractivity contribution < 1.29 is 9.53 Å². The molecule has 0 bridgehead atoms. The number of hydrogen-bond donors (Lipinski definition) is 2. The van der Waals surface area contributed by atoms with E-state index in [9.17, 15) is 4.79 Å². The maximum absolute atomic E-state index is 12.3. The fraction of sp³-hybridized carbons (Fsp3) is 0.296. The monoisotopic (exact) mass is 470 g/mol. The first-order valence-electron chi connectivity index (χ1n) is 11.9. The van der Waals surface area contributed by atoms with E-state index in [1.165, 1.54) is 0 Å². The summed E-state index contributed by atoms with van der Waals surface area (Å²) in [5, 5.41) is 10.6. The van der Waals surface area contributed by atoms with Gasteiger partial charge in [-0.1, -0.05) is 24.3 Å². The van der Waals surface area contributed by atoms with E-state index >= 15 is 0 Å². The lowest BCUT2D eigenvalue weighted by Gasteiger charge is -2.44. The van der Waals surface area contributed by atoms with E-state index in [0.717, 1.165) is 41.2 Å². The van der Waals surface area contributed by atoms with Gasteiger partial charge in [0.1, 0.15) is 23.0 Å². The number of fused-ring (bicyclic) bond motifs is 1. The maximum atomic E-state index is 12.3. The number of aliphatic imine (C=N–C) groups is 1. The third-order valence-electron chi connectivity index (χ3n) is 6.73. The number of likely N-dealkylation sites (tertiary alicyclic amines) is 1. The van der Waals surface area contributed by atoms with Crippen LogP contribution in [0, 0.1) is 0 Å². The summed E-state index contributed by atoms with van der Waals surface area (Å²) in [4.78, 5) is 18.5. The number of hydrogen-bond acceptors (Lipinski definition) is 7. The first-order chi connectivity index (χ1) is 17.0. The number of nitrogens with zero attached hydrogens (tertiary/aromatic N) is 4. The zero-order valence-electron chi connectivity index (χ0n) is 20.0. The molecule has 180 valence electrons. The van der Waals surface area contributed by atoms with E-state index in [-0.39, 0.29) is 11.9 Å². The molecule has 3 N–H and O–H groups in total. The number of piperidine rings is 1. The summed E-state index contributed by atoms with van der Waals surface area (Å²) in [5.74, 6) is 2.05. The molecule has 1 fully saturated rings. The first kappa shape index (κ1) is 22.7. The fourth-order valence-corrected chi connectivity index (χ4v) is 4.94. The van der Waals surface area contributed by atoms with E-state index in [0.29, 0.717) is 18.9 Å². The summed E-state index contributed by atoms with van der Waals surface area (Å²) in [6.45, 7) is 5.33. The SMILES string of the molecule is C/C=C/C(=O)N1CCC(N2N=C(c3ccc(Oc4ccccc4)cc3)C3=C(N)N=CNC32C)CC1. The van der Waals surface area contributed by atoms with Gasteiger partial charge in [0.05, 0.1) is 18.0 Å². The lowest BCUT2D eigenvalue weighted by Crippen LogP contribution is -2.60. The molecule has 3 aliphatic heterocycles. The Balaban J connectivity index is 1.40. The van der Waals surface area contributed by atoms with E-state index in [1.54, 1.807) is 18.5 Å². The fourth-order valence-electron chi connectivity index (χ4n) is 4.94. The third kappa shape index (κ3) is 4.27. The predicted octanol–water partition coefficient (Wildman–Crippen LogP) is 3.58. The van der Waals surface area contributed by atoms with Gasteiger partial charge in [-0.15, -0.1) is 0 Å². The van der Waals surface area contributed by atoms with E-state index in [4.69, 9.17) is 15.6 Å². The number of allylic oxidation sites excluding steroid dienone is 1. The molecule has 3 heterocycles. The van der Waals surface area contributed by atoms with E-state index in [2.05, 4.69) is 22.2 Å². The second-order valence-electron chi connectivity index (χ2n) is 9.02. The Morgan fingerprint density at radius 2 is 1.80 bits per heavy atom. The Morgan fingerprint density at radius 3 is 2.49 bits per heavy atom. The Morgan fingerprint density at radius 1 is 1.11 bits per heavy atom. The van der Waals surface area contributed by atoms with Gasteiger partial charge in [0, 0.05) is 18.7 Å². The molecule has 0 radical (unpaired) electrons. The number of carbonyl (C=O) groups is 1. The largest absolute Gasteiger partial charge is 0.457 e. The molecule has 5 rings (SSSR count). The van der Waals surface area contributed by atoms with Gasteiger partial charge >= 0.3 is 0 Å². The molecule has 8 nitrogen and oxygen atoms in total. The third-order valence-corrected chi connectivity index (χ3v) is 6.73. The second kappa shape index (κ2) is 9.29. The van der Waals surface area contributed by atoms with Crippen LogP contribution in [0.2, 0.25) is 0 Å². The molecule has 0 spiro atoms. The Kier molecular flexibility index (Phi) is 6.03. The topological polar surface area (TPSA) is 95.5 Å². The summed E-state index contributed by atoms with van der Waals surface area (Å²) >= 11 is 0. The quantitative estimate of drug-likeness (QED) is 0.652. The van der Waals surface area contributed by atoms with Crippen LogP contribution >= 0.6 is 0 Å². The van der Waals surface area contributed by atoms with Crippen LogP contribution in [0.3, 0.4) is 0 Å². The van der Waals surface area contributed by atoms with Crippen molar-refractivity contribution >= 4 is 18.0 Å². The minimum atomic E-state index is -0.611. The smallest absolute Gasteiger partial charge is 0.246 e. The Bertz CT molecular complexity index is 1210. The zero-order chi connectivity index (χ0) is 24.4. The van der Waals surface area contributed by atoms with Crippen molar-refractivity contribution in [2.45, 2.75) is 38.4 Å². The number of nitrogens with two attached hydrogens (primary N) is 1. The van der Waals surface area contributed by atoms with Crippen LogP contribution in [-0.4, -0.2) is 52.7 Å². The van der Waals surface area contributed by atoms with Crippen molar-refractivity contribution in [3.8, 4) is 11.5 Å². The molecule has 1 unspecified atom stereocenters. The summed E-state index contributed by atoms with van der Waals surface area (Å²) in [6, 6.07) is 17.7. The van der Waals surface area contributed by atoms with Crippen LogP contribution < -0.4 is 15.8 Å². The number of amides is 1. The number of ether oxygens (including phenoxy) is 1. The van der Waals surface area contributed by atoms with Gasteiger partial charge in [-0.2, -0.15) is 5.10 Å². The number of para-hydroxylation sites is 1. The summed E-state index contributed by atoms with van der Waals surface area (Å²) in [7, 11) is 0. The molecular formula is C27H30N6O2. The predicted molar refractivity (Wildman–Crippen MR) is 137 cm³/mol. The Hall–Kier alpha value is -4.07.